The summed E-state index contributed by atoms with van der Waals surface area (Å²) in [7, 11) is 1.77. The molecule has 3 heterocycles. The zero-order chi connectivity index (χ0) is 20.1. The maximum Gasteiger partial charge on any atom is 0.246 e. The summed E-state index contributed by atoms with van der Waals surface area (Å²) in [5.74, 6) is 1.82. The van der Waals surface area contributed by atoms with Crippen LogP contribution in [0.4, 0.5) is 0 Å². The van der Waals surface area contributed by atoms with Crippen molar-refractivity contribution in [2.45, 2.75) is 13.1 Å². The molecule has 0 spiro atoms. The second kappa shape index (κ2) is 10.7. The second-order valence-electron chi connectivity index (χ2n) is 6.68. The highest BCUT2D eigenvalue weighted by atomic mass is 127. The molecular formula is C19H23ClIN7O2. The van der Waals surface area contributed by atoms with E-state index in [1.165, 1.54) is 0 Å². The van der Waals surface area contributed by atoms with Crippen LogP contribution in [0.5, 0.6) is 0 Å². The first kappa shape index (κ1) is 22.5. The van der Waals surface area contributed by atoms with Crippen LogP contribution in [0.1, 0.15) is 11.6 Å². The van der Waals surface area contributed by atoms with Crippen LogP contribution in [0.15, 0.2) is 50.6 Å². The first-order valence-corrected chi connectivity index (χ1v) is 9.75. The number of halogens is 2. The molecule has 1 N–H and O–H groups in total. The molecule has 4 rings (SSSR count). The van der Waals surface area contributed by atoms with Crippen molar-refractivity contribution in [3.8, 4) is 11.4 Å². The minimum atomic E-state index is 0. The van der Waals surface area contributed by atoms with Gasteiger partial charge in [-0.15, -0.1) is 24.0 Å². The number of aromatic nitrogens is 3. The maximum absolute atomic E-state index is 6.03. The number of aliphatic imine (C=N–C) groups is 1. The SMILES string of the molecule is CN=C(NCc1nc(-c2cccc(Cl)c2)no1)N1CCN(Cc2ccon2)CC1.I. The van der Waals surface area contributed by atoms with Gasteiger partial charge in [0.2, 0.25) is 11.7 Å². The molecule has 0 atom stereocenters. The van der Waals surface area contributed by atoms with Crippen molar-refractivity contribution in [2.75, 3.05) is 33.2 Å². The zero-order valence-corrected chi connectivity index (χ0v) is 19.6. The monoisotopic (exact) mass is 543 g/mol. The van der Waals surface area contributed by atoms with Gasteiger partial charge in [0.1, 0.15) is 6.26 Å². The van der Waals surface area contributed by atoms with Gasteiger partial charge >= 0.3 is 0 Å². The maximum atomic E-state index is 6.03. The van der Waals surface area contributed by atoms with E-state index >= 15 is 0 Å². The summed E-state index contributed by atoms with van der Waals surface area (Å²) in [6, 6.07) is 9.26. The Morgan fingerprint density at radius 1 is 1.20 bits per heavy atom. The Balaban J connectivity index is 0.00000256. The Hall–Kier alpha value is -2.18. The first-order valence-electron chi connectivity index (χ1n) is 9.37. The van der Waals surface area contributed by atoms with Crippen molar-refractivity contribution in [1.29, 1.82) is 0 Å². The van der Waals surface area contributed by atoms with Gasteiger partial charge in [-0.2, -0.15) is 4.98 Å². The first-order chi connectivity index (χ1) is 14.2. The highest BCUT2D eigenvalue weighted by Gasteiger charge is 2.20. The Bertz CT molecular complexity index is 955. The van der Waals surface area contributed by atoms with E-state index in [0.717, 1.165) is 49.9 Å². The normalized spacial score (nSPS) is 15.1. The van der Waals surface area contributed by atoms with Crippen molar-refractivity contribution in [2.24, 2.45) is 4.99 Å². The molecule has 1 saturated heterocycles. The van der Waals surface area contributed by atoms with E-state index < -0.39 is 0 Å². The predicted molar refractivity (Wildman–Crippen MR) is 124 cm³/mol. The van der Waals surface area contributed by atoms with Crippen molar-refractivity contribution in [3.05, 3.63) is 53.2 Å². The lowest BCUT2D eigenvalue weighted by atomic mass is 10.2. The number of piperazine rings is 1. The third-order valence-electron chi connectivity index (χ3n) is 4.71. The van der Waals surface area contributed by atoms with Gasteiger partial charge in [0.15, 0.2) is 5.96 Å². The molecule has 1 aromatic carbocycles. The average molecular weight is 544 g/mol. The summed E-state index contributed by atoms with van der Waals surface area (Å²) in [5.41, 5.74) is 1.77. The van der Waals surface area contributed by atoms with E-state index in [9.17, 15) is 0 Å². The topological polar surface area (TPSA) is 95.8 Å². The molecule has 1 fully saturated rings. The van der Waals surface area contributed by atoms with E-state index in [2.05, 4.69) is 35.4 Å². The standard InChI is InChI=1S/C19H22ClN7O2.HI/c1-21-19(27-8-6-26(7-9-27)13-16-5-10-28-24-16)22-12-17-23-18(25-29-17)14-3-2-4-15(20)11-14;/h2-5,10-11H,6-9,12-13H2,1H3,(H,21,22);1H. The third-order valence-corrected chi connectivity index (χ3v) is 4.94. The largest absolute Gasteiger partial charge is 0.364 e. The summed E-state index contributed by atoms with van der Waals surface area (Å²) in [5, 5.41) is 11.9. The summed E-state index contributed by atoms with van der Waals surface area (Å²) in [6.45, 7) is 4.79. The summed E-state index contributed by atoms with van der Waals surface area (Å²) in [6.07, 6.45) is 1.60. The fraction of sp³-hybridized carbons (Fsp3) is 0.368. The molecule has 160 valence electrons. The van der Waals surface area contributed by atoms with Crippen LogP contribution in [0.3, 0.4) is 0 Å². The van der Waals surface area contributed by atoms with Crippen molar-refractivity contribution < 1.29 is 9.05 Å². The lowest BCUT2D eigenvalue weighted by molar-refractivity contribution is 0.168. The number of nitrogens with one attached hydrogen (secondary N) is 1. The van der Waals surface area contributed by atoms with Gasteiger partial charge < -0.3 is 19.3 Å². The van der Waals surface area contributed by atoms with E-state index in [1.54, 1.807) is 19.4 Å². The smallest absolute Gasteiger partial charge is 0.246 e. The van der Waals surface area contributed by atoms with Gasteiger partial charge in [0, 0.05) is 56.4 Å². The van der Waals surface area contributed by atoms with Crippen LogP contribution in [-0.2, 0) is 13.1 Å². The van der Waals surface area contributed by atoms with Gasteiger partial charge in [0.05, 0.1) is 12.2 Å². The van der Waals surface area contributed by atoms with Crippen LogP contribution in [0.25, 0.3) is 11.4 Å². The fourth-order valence-corrected chi connectivity index (χ4v) is 3.41. The van der Waals surface area contributed by atoms with E-state index in [-0.39, 0.29) is 24.0 Å². The highest BCUT2D eigenvalue weighted by Crippen LogP contribution is 2.19. The van der Waals surface area contributed by atoms with Crippen LogP contribution in [0, 0.1) is 0 Å². The van der Waals surface area contributed by atoms with Gasteiger partial charge in [-0.3, -0.25) is 9.89 Å². The van der Waals surface area contributed by atoms with Crippen LogP contribution in [0.2, 0.25) is 5.02 Å². The Morgan fingerprint density at radius 3 is 2.73 bits per heavy atom. The van der Waals surface area contributed by atoms with Crippen molar-refractivity contribution in [1.82, 2.24) is 30.4 Å². The van der Waals surface area contributed by atoms with E-state index in [0.29, 0.717) is 23.3 Å². The number of nitrogens with zero attached hydrogens (tertiary/aromatic N) is 6. The molecule has 0 amide bonds. The Morgan fingerprint density at radius 2 is 2.03 bits per heavy atom. The van der Waals surface area contributed by atoms with Gasteiger partial charge in [-0.05, 0) is 12.1 Å². The lowest BCUT2D eigenvalue weighted by Crippen LogP contribution is -2.52. The van der Waals surface area contributed by atoms with Gasteiger partial charge in [0.25, 0.3) is 0 Å². The quantitative estimate of drug-likeness (QED) is 0.298. The van der Waals surface area contributed by atoms with Gasteiger partial charge in [-0.25, -0.2) is 0 Å². The molecule has 0 bridgehead atoms. The minimum Gasteiger partial charge on any atom is -0.364 e. The molecule has 30 heavy (non-hydrogen) atoms. The molecule has 1 aliphatic heterocycles. The lowest BCUT2D eigenvalue weighted by Gasteiger charge is -2.36. The number of rotatable bonds is 5. The Labute approximate surface area is 196 Å². The summed E-state index contributed by atoms with van der Waals surface area (Å²) in [4.78, 5) is 13.4. The average Bonchev–Trinajstić information content (AvgIpc) is 3.42. The molecule has 0 aliphatic carbocycles. The minimum absolute atomic E-state index is 0. The molecule has 9 nitrogen and oxygen atoms in total. The van der Waals surface area contributed by atoms with Crippen LogP contribution < -0.4 is 5.32 Å². The van der Waals surface area contributed by atoms with E-state index in [4.69, 9.17) is 20.6 Å². The predicted octanol–water partition coefficient (Wildman–Crippen LogP) is 2.89. The molecule has 0 saturated carbocycles. The molecule has 11 heteroatoms. The molecule has 1 aliphatic rings. The molecular weight excluding hydrogens is 521 g/mol. The van der Waals surface area contributed by atoms with Gasteiger partial charge in [-0.1, -0.05) is 34.0 Å². The fourth-order valence-electron chi connectivity index (χ4n) is 3.22. The number of hydrogen-bond donors (Lipinski definition) is 1. The molecule has 0 radical (unpaired) electrons. The van der Waals surface area contributed by atoms with Crippen molar-refractivity contribution >= 4 is 41.5 Å². The van der Waals surface area contributed by atoms with Crippen LogP contribution >= 0.6 is 35.6 Å². The summed E-state index contributed by atoms with van der Waals surface area (Å²) < 4.78 is 10.3. The number of benzene rings is 1. The number of guanidine groups is 1. The summed E-state index contributed by atoms with van der Waals surface area (Å²) >= 11 is 6.03. The Kier molecular flexibility index (Phi) is 8.05. The molecule has 3 aromatic rings. The van der Waals surface area contributed by atoms with E-state index in [1.807, 2.05) is 24.3 Å². The highest BCUT2D eigenvalue weighted by molar-refractivity contribution is 14.0. The molecule has 0 unspecified atom stereocenters. The third kappa shape index (κ3) is 5.70. The number of hydrogen-bond acceptors (Lipinski definition) is 7. The molecule has 2 aromatic heterocycles. The second-order valence-corrected chi connectivity index (χ2v) is 7.11. The zero-order valence-electron chi connectivity index (χ0n) is 16.5. The van der Waals surface area contributed by atoms with Crippen molar-refractivity contribution in [3.63, 3.8) is 0 Å². The van der Waals surface area contributed by atoms with Crippen LogP contribution in [-0.4, -0.2) is 64.3 Å².